The first-order valence-electron chi connectivity index (χ1n) is 13.0. The van der Waals surface area contributed by atoms with Crippen LogP contribution in [0.2, 0.25) is 0 Å². The normalized spacial score (nSPS) is 14.6. The number of anilines is 3. The minimum atomic E-state index is -0.136. The summed E-state index contributed by atoms with van der Waals surface area (Å²) >= 11 is 0. The second kappa shape index (κ2) is 11.9. The number of hydrogen-bond acceptors (Lipinski definition) is 7. The lowest BCUT2D eigenvalue weighted by Gasteiger charge is -2.20. The number of amides is 1. The molecule has 1 aliphatic heterocycles. The van der Waals surface area contributed by atoms with Crippen LogP contribution in [0, 0.1) is 6.92 Å². The first kappa shape index (κ1) is 25.5. The molecule has 1 amide bonds. The number of aryl methyl sites for hydroxylation is 1. The summed E-state index contributed by atoms with van der Waals surface area (Å²) in [6, 6.07) is 19.4. The highest BCUT2D eigenvalue weighted by Crippen LogP contribution is 2.24. The number of hydrogen-bond donors (Lipinski definition) is 2. The van der Waals surface area contributed by atoms with Gasteiger partial charge in [-0.15, -0.1) is 0 Å². The van der Waals surface area contributed by atoms with Crippen molar-refractivity contribution in [2.75, 3.05) is 43.9 Å². The average Bonchev–Trinajstić information content (AvgIpc) is 3.15. The highest BCUT2D eigenvalue weighted by Gasteiger charge is 2.14. The van der Waals surface area contributed by atoms with E-state index in [2.05, 4.69) is 54.6 Å². The molecule has 8 nitrogen and oxygen atoms in total. The van der Waals surface area contributed by atoms with Gasteiger partial charge >= 0.3 is 0 Å². The molecule has 3 heterocycles. The van der Waals surface area contributed by atoms with Crippen LogP contribution >= 0.6 is 0 Å². The van der Waals surface area contributed by atoms with Gasteiger partial charge in [0.2, 0.25) is 5.95 Å². The zero-order valence-corrected chi connectivity index (χ0v) is 21.9. The number of likely N-dealkylation sites (N-methyl/N-ethyl adjacent to an activating group) is 1. The van der Waals surface area contributed by atoms with E-state index in [9.17, 15) is 4.79 Å². The molecule has 0 saturated carbocycles. The van der Waals surface area contributed by atoms with E-state index in [0.29, 0.717) is 11.5 Å². The zero-order valence-electron chi connectivity index (χ0n) is 21.9. The van der Waals surface area contributed by atoms with Gasteiger partial charge < -0.3 is 15.5 Å². The monoisotopic (exact) mass is 507 g/mol. The summed E-state index contributed by atoms with van der Waals surface area (Å²) in [5.74, 6) is 0.335. The third-order valence-corrected chi connectivity index (χ3v) is 6.79. The summed E-state index contributed by atoms with van der Waals surface area (Å²) in [5, 5.41) is 6.31. The number of nitrogens with one attached hydrogen (secondary N) is 2. The molecule has 2 N–H and O–H groups in total. The summed E-state index contributed by atoms with van der Waals surface area (Å²) in [4.78, 5) is 31.0. The van der Waals surface area contributed by atoms with Crippen LogP contribution in [0.25, 0.3) is 11.3 Å². The number of nitrogens with zero attached hydrogens (tertiary/aromatic N) is 5. The molecule has 0 radical (unpaired) electrons. The maximum Gasteiger partial charge on any atom is 0.255 e. The molecule has 1 saturated heterocycles. The smallest absolute Gasteiger partial charge is 0.255 e. The van der Waals surface area contributed by atoms with Crippen LogP contribution < -0.4 is 10.6 Å². The fourth-order valence-corrected chi connectivity index (χ4v) is 4.53. The van der Waals surface area contributed by atoms with Crippen molar-refractivity contribution in [1.29, 1.82) is 0 Å². The molecule has 2 aromatic carbocycles. The molecule has 1 aliphatic rings. The van der Waals surface area contributed by atoms with Gasteiger partial charge in [-0.05, 0) is 87.1 Å². The first-order valence-corrected chi connectivity index (χ1v) is 13.0. The van der Waals surface area contributed by atoms with Gasteiger partial charge in [0.05, 0.1) is 5.69 Å². The van der Waals surface area contributed by atoms with Crippen LogP contribution in [0.15, 0.2) is 79.3 Å². The Morgan fingerprint density at radius 2 is 1.84 bits per heavy atom. The van der Waals surface area contributed by atoms with Crippen LogP contribution in [0.3, 0.4) is 0 Å². The van der Waals surface area contributed by atoms with E-state index in [0.717, 1.165) is 60.9 Å². The van der Waals surface area contributed by atoms with Gasteiger partial charge in [0.25, 0.3) is 5.91 Å². The molecule has 2 aromatic heterocycles. The molecule has 4 aromatic rings. The molecule has 0 spiro atoms. The van der Waals surface area contributed by atoms with E-state index in [-0.39, 0.29) is 5.91 Å². The largest absolute Gasteiger partial charge is 0.324 e. The average molecular weight is 508 g/mol. The fraction of sp³-hybridized carbons (Fsp3) is 0.267. The minimum absolute atomic E-state index is 0.136. The Morgan fingerprint density at radius 3 is 2.66 bits per heavy atom. The third kappa shape index (κ3) is 6.59. The van der Waals surface area contributed by atoms with E-state index < -0.39 is 0 Å². The van der Waals surface area contributed by atoms with Crippen molar-refractivity contribution in [3.8, 4) is 11.3 Å². The van der Waals surface area contributed by atoms with Gasteiger partial charge in [-0.3, -0.25) is 14.7 Å². The lowest BCUT2D eigenvalue weighted by atomic mass is 10.1. The van der Waals surface area contributed by atoms with Crippen LogP contribution in [-0.4, -0.2) is 63.9 Å². The molecule has 8 heteroatoms. The van der Waals surface area contributed by atoms with Crippen molar-refractivity contribution >= 4 is 23.2 Å². The number of carbonyl (C=O) groups is 1. The summed E-state index contributed by atoms with van der Waals surface area (Å²) in [6.45, 7) is 7.30. The van der Waals surface area contributed by atoms with E-state index >= 15 is 0 Å². The van der Waals surface area contributed by atoms with E-state index in [1.165, 1.54) is 12.0 Å². The number of pyridine rings is 1. The predicted molar refractivity (Wildman–Crippen MR) is 152 cm³/mol. The predicted octanol–water partition coefficient (Wildman–Crippen LogP) is 4.98. The maximum atomic E-state index is 13.0. The van der Waals surface area contributed by atoms with Crippen molar-refractivity contribution in [2.24, 2.45) is 0 Å². The molecule has 0 atom stereocenters. The highest BCUT2D eigenvalue weighted by atomic mass is 16.1. The minimum Gasteiger partial charge on any atom is -0.324 e. The van der Waals surface area contributed by atoms with Crippen LogP contribution in [0.5, 0.6) is 0 Å². The molecule has 194 valence electrons. The number of carbonyl (C=O) groups excluding carboxylic acids is 1. The first-order chi connectivity index (χ1) is 18.5. The molecule has 5 rings (SSSR count). The highest BCUT2D eigenvalue weighted by molar-refractivity contribution is 6.04. The standard InChI is InChI=1S/C30H33N7O/c1-22-6-11-26(33-30-32-14-12-27(35-30)25-5-3-13-31-20-25)19-28(22)34-29(38)24-9-7-23(8-10-24)21-37-16-4-15-36(2)17-18-37/h3,5-14,19-20H,4,15-18,21H2,1-2H3,(H,34,38)(H,32,33,35). The van der Waals surface area contributed by atoms with Gasteiger partial charge in [-0.1, -0.05) is 18.2 Å². The molecular weight excluding hydrogens is 474 g/mol. The summed E-state index contributed by atoms with van der Waals surface area (Å²) < 4.78 is 0. The van der Waals surface area contributed by atoms with Crippen molar-refractivity contribution in [1.82, 2.24) is 24.8 Å². The Hall–Kier alpha value is -4.14. The van der Waals surface area contributed by atoms with E-state index in [4.69, 9.17) is 0 Å². The van der Waals surface area contributed by atoms with E-state index in [1.807, 2.05) is 55.5 Å². The summed E-state index contributed by atoms with van der Waals surface area (Å²) in [6.07, 6.45) is 6.40. The topological polar surface area (TPSA) is 86.3 Å². The Balaban J connectivity index is 1.23. The SMILES string of the molecule is Cc1ccc(Nc2nccc(-c3cccnc3)n2)cc1NC(=O)c1ccc(CN2CCCN(C)CC2)cc1. The van der Waals surface area contributed by atoms with Crippen LogP contribution in [-0.2, 0) is 6.54 Å². The number of benzene rings is 2. The van der Waals surface area contributed by atoms with Crippen LogP contribution in [0.1, 0.15) is 27.9 Å². The third-order valence-electron chi connectivity index (χ3n) is 6.79. The van der Waals surface area contributed by atoms with Crippen molar-refractivity contribution in [2.45, 2.75) is 19.9 Å². The van der Waals surface area contributed by atoms with E-state index in [1.54, 1.807) is 18.6 Å². The fourth-order valence-electron chi connectivity index (χ4n) is 4.53. The molecular formula is C30H33N7O. The second-order valence-corrected chi connectivity index (χ2v) is 9.75. The lowest BCUT2D eigenvalue weighted by Crippen LogP contribution is -2.28. The second-order valence-electron chi connectivity index (χ2n) is 9.75. The lowest BCUT2D eigenvalue weighted by molar-refractivity contribution is 0.102. The van der Waals surface area contributed by atoms with Gasteiger partial charge in [-0.25, -0.2) is 9.97 Å². The molecule has 0 unspecified atom stereocenters. The molecule has 0 aliphatic carbocycles. The van der Waals surface area contributed by atoms with Gasteiger partial charge in [0, 0.05) is 60.7 Å². The maximum absolute atomic E-state index is 13.0. The summed E-state index contributed by atoms with van der Waals surface area (Å²) in [7, 11) is 2.18. The van der Waals surface area contributed by atoms with Gasteiger partial charge in [0.1, 0.15) is 0 Å². The van der Waals surface area contributed by atoms with Crippen molar-refractivity contribution < 1.29 is 4.79 Å². The number of aromatic nitrogens is 3. The Labute approximate surface area is 223 Å². The van der Waals surface area contributed by atoms with Crippen molar-refractivity contribution in [3.05, 3.63) is 95.9 Å². The Bertz CT molecular complexity index is 1380. The van der Waals surface area contributed by atoms with Crippen LogP contribution in [0.4, 0.5) is 17.3 Å². The van der Waals surface area contributed by atoms with Gasteiger partial charge in [0.15, 0.2) is 0 Å². The molecule has 0 bridgehead atoms. The van der Waals surface area contributed by atoms with Gasteiger partial charge in [-0.2, -0.15) is 0 Å². The van der Waals surface area contributed by atoms with Crippen molar-refractivity contribution in [3.63, 3.8) is 0 Å². The zero-order chi connectivity index (χ0) is 26.3. The Morgan fingerprint density at radius 1 is 0.974 bits per heavy atom. The summed E-state index contributed by atoms with van der Waals surface area (Å²) in [5.41, 5.74) is 6.05. The molecule has 1 fully saturated rings. The number of rotatable bonds is 7. The Kier molecular flexibility index (Phi) is 8.01. The molecule has 38 heavy (non-hydrogen) atoms. The quantitative estimate of drug-likeness (QED) is 0.365.